The van der Waals surface area contributed by atoms with Crippen molar-refractivity contribution in [1.82, 2.24) is 15.1 Å². The monoisotopic (exact) mass is 277 g/mol. The van der Waals surface area contributed by atoms with E-state index in [2.05, 4.69) is 10.4 Å². The number of amides is 1. The summed E-state index contributed by atoms with van der Waals surface area (Å²) in [7, 11) is 1.44. The standard InChI is InChI=1S/C10H12F3N3O.C2H6/c1-14-8(17)5-16-7-4-2-3-6(7)9(15-16)10(11,12)13;1-2/h2-5H2,1H3,(H,14,17);1-2H3. The van der Waals surface area contributed by atoms with Gasteiger partial charge < -0.3 is 5.32 Å². The summed E-state index contributed by atoms with van der Waals surface area (Å²) in [5.41, 5.74) is -0.0452. The van der Waals surface area contributed by atoms with E-state index < -0.39 is 11.9 Å². The number of carbonyl (C=O) groups excluding carboxylic acids is 1. The van der Waals surface area contributed by atoms with E-state index >= 15 is 0 Å². The zero-order valence-electron chi connectivity index (χ0n) is 11.3. The molecule has 0 saturated carbocycles. The van der Waals surface area contributed by atoms with Crippen LogP contribution >= 0.6 is 0 Å². The Balaban J connectivity index is 0.000000861. The first-order valence-corrected chi connectivity index (χ1v) is 6.30. The first kappa shape index (κ1) is 15.5. The number of hydrogen-bond acceptors (Lipinski definition) is 2. The van der Waals surface area contributed by atoms with Gasteiger partial charge in [0.1, 0.15) is 6.54 Å². The third kappa shape index (κ3) is 3.27. The van der Waals surface area contributed by atoms with Crippen LogP contribution in [0.1, 0.15) is 37.2 Å². The molecule has 7 heteroatoms. The summed E-state index contributed by atoms with van der Waals surface area (Å²) in [6.07, 6.45) is -2.82. The minimum atomic E-state index is -4.44. The van der Waals surface area contributed by atoms with Crippen molar-refractivity contribution in [2.24, 2.45) is 0 Å². The molecule has 0 aromatic carbocycles. The minimum Gasteiger partial charge on any atom is -0.358 e. The molecule has 2 rings (SSSR count). The summed E-state index contributed by atoms with van der Waals surface area (Å²) < 4.78 is 39.3. The first-order valence-electron chi connectivity index (χ1n) is 6.30. The number of halogens is 3. The van der Waals surface area contributed by atoms with Gasteiger partial charge in [0.25, 0.3) is 0 Å². The maximum Gasteiger partial charge on any atom is 0.435 e. The molecule has 1 amide bonds. The molecule has 1 aromatic heterocycles. The lowest BCUT2D eigenvalue weighted by Gasteiger charge is -2.05. The summed E-state index contributed by atoms with van der Waals surface area (Å²) in [6, 6.07) is 0. The van der Waals surface area contributed by atoms with E-state index in [0.29, 0.717) is 25.0 Å². The lowest BCUT2D eigenvalue weighted by molar-refractivity contribution is -0.142. The summed E-state index contributed by atoms with van der Waals surface area (Å²) >= 11 is 0. The van der Waals surface area contributed by atoms with E-state index in [1.807, 2.05) is 13.8 Å². The first-order chi connectivity index (χ1) is 8.93. The second-order valence-corrected chi connectivity index (χ2v) is 3.96. The molecule has 0 unspecified atom stereocenters. The lowest BCUT2D eigenvalue weighted by Crippen LogP contribution is -2.25. The third-order valence-electron chi connectivity index (χ3n) is 2.85. The fraction of sp³-hybridized carbons (Fsp3) is 0.667. The van der Waals surface area contributed by atoms with Gasteiger partial charge in [0.15, 0.2) is 5.69 Å². The Labute approximate surface area is 110 Å². The molecule has 19 heavy (non-hydrogen) atoms. The van der Waals surface area contributed by atoms with Gasteiger partial charge in [-0.1, -0.05) is 13.8 Å². The molecule has 0 aliphatic heterocycles. The molecule has 1 aromatic rings. The van der Waals surface area contributed by atoms with E-state index in [9.17, 15) is 18.0 Å². The summed E-state index contributed by atoms with van der Waals surface area (Å²) in [5, 5.41) is 5.89. The Kier molecular flexibility index (Phi) is 4.97. The number of aromatic nitrogens is 2. The Morgan fingerprint density at radius 2 is 2.00 bits per heavy atom. The van der Waals surface area contributed by atoms with Crippen LogP contribution in [0.5, 0.6) is 0 Å². The largest absolute Gasteiger partial charge is 0.435 e. The van der Waals surface area contributed by atoms with Gasteiger partial charge in [0.05, 0.1) is 0 Å². The van der Waals surface area contributed by atoms with Gasteiger partial charge in [-0.15, -0.1) is 0 Å². The van der Waals surface area contributed by atoms with Crippen molar-refractivity contribution in [2.45, 2.75) is 45.8 Å². The van der Waals surface area contributed by atoms with Crippen LogP contribution in [0.3, 0.4) is 0 Å². The van der Waals surface area contributed by atoms with Gasteiger partial charge in [-0.2, -0.15) is 18.3 Å². The van der Waals surface area contributed by atoms with E-state index in [1.54, 1.807) is 0 Å². The molecule has 0 spiro atoms. The van der Waals surface area contributed by atoms with Crippen LogP contribution < -0.4 is 5.32 Å². The van der Waals surface area contributed by atoms with E-state index in [4.69, 9.17) is 0 Å². The number of nitrogens with zero attached hydrogens (tertiary/aromatic N) is 2. The Morgan fingerprint density at radius 1 is 1.37 bits per heavy atom. The van der Waals surface area contributed by atoms with Crippen LogP contribution in [0.4, 0.5) is 13.2 Å². The molecule has 1 aliphatic rings. The van der Waals surface area contributed by atoms with Crippen molar-refractivity contribution in [3.8, 4) is 0 Å². The Hall–Kier alpha value is -1.53. The van der Waals surface area contributed by atoms with Gasteiger partial charge in [-0.25, -0.2) is 0 Å². The van der Waals surface area contributed by atoms with Gasteiger partial charge in [0, 0.05) is 18.3 Å². The van der Waals surface area contributed by atoms with Crippen LogP contribution in [0.2, 0.25) is 0 Å². The second kappa shape index (κ2) is 6.08. The quantitative estimate of drug-likeness (QED) is 0.900. The van der Waals surface area contributed by atoms with Crippen molar-refractivity contribution in [2.75, 3.05) is 7.05 Å². The highest BCUT2D eigenvalue weighted by molar-refractivity contribution is 5.75. The van der Waals surface area contributed by atoms with Gasteiger partial charge in [-0.05, 0) is 19.3 Å². The van der Waals surface area contributed by atoms with Crippen LogP contribution in [0.15, 0.2) is 0 Å². The van der Waals surface area contributed by atoms with Gasteiger partial charge in [-0.3, -0.25) is 9.48 Å². The normalized spacial score (nSPS) is 13.6. The maximum atomic E-state index is 12.7. The molecule has 0 saturated heterocycles. The molecule has 1 N–H and O–H groups in total. The van der Waals surface area contributed by atoms with Crippen molar-refractivity contribution in [3.05, 3.63) is 17.0 Å². The molecular weight excluding hydrogens is 259 g/mol. The summed E-state index contributed by atoms with van der Waals surface area (Å²) in [5.74, 6) is -0.351. The minimum absolute atomic E-state index is 0.158. The number of hydrogen-bond donors (Lipinski definition) is 1. The van der Waals surface area contributed by atoms with E-state index in [1.165, 1.54) is 11.7 Å². The summed E-state index contributed by atoms with van der Waals surface area (Å²) in [6.45, 7) is 3.84. The molecule has 0 atom stereocenters. The van der Waals surface area contributed by atoms with Crippen molar-refractivity contribution in [1.29, 1.82) is 0 Å². The molecule has 4 nitrogen and oxygen atoms in total. The van der Waals surface area contributed by atoms with Crippen LogP contribution in [-0.2, 0) is 30.4 Å². The fourth-order valence-electron chi connectivity index (χ4n) is 2.08. The zero-order valence-corrected chi connectivity index (χ0v) is 11.3. The lowest BCUT2D eigenvalue weighted by atomic mass is 10.2. The number of fused-ring (bicyclic) bond motifs is 1. The number of alkyl halides is 3. The van der Waals surface area contributed by atoms with Gasteiger partial charge >= 0.3 is 6.18 Å². The predicted octanol–water partition coefficient (Wildman–Crippen LogP) is 2.16. The Bertz CT molecular complexity index is 452. The van der Waals surface area contributed by atoms with E-state index in [-0.39, 0.29) is 18.0 Å². The average Bonchev–Trinajstić information content (AvgIpc) is 2.94. The molecule has 108 valence electrons. The number of likely N-dealkylation sites (N-methyl/N-ethyl adjacent to an activating group) is 1. The highest BCUT2D eigenvalue weighted by Gasteiger charge is 2.40. The van der Waals surface area contributed by atoms with Crippen molar-refractivity contribution >= 4 is 5.91 Å². The zero-order chi connectivity index (χ0) is 14.6. The molecule has 0 bridgehead atoms. The molecule has 0 radical (unpaired) electrons. The predicted molar refractivity (Wildman–Crippen MR) is 64.7 cm³/mol. The second-order valence-electron chi connectivity index (χ2n) is 3.96. The van der Waals surface area contributed by atoms with Crippen molar-refractivity contribution in [3.63, 3.8) is 0 Å². The number of rotatable bonds is 2. The fourth-order valence-corrected chi connectivity index (χ4v) is 2.08. The topological polar surface area (TPSA) is 46.9 Å². The highest BCUT2D eigenvalue weighted by atomic mass is 19.4. The average molecular weight is 277 g/mol. The van der Waals surface area contributed by atoms with Crippen molar-refractivity contribution < 1.29 is 18.0 Å². The third-order valence-corrected chi connectivity index (χ3v) is 2.85. The molecule has 1 aliphatic carbocycles. The smallest absolute Gasteiger partial charge is 0.358 e. The number of nitrogens with one attached hydrogen (secondary N) is 1. The number of carbonyl (C=O) groups is 1. The van der Waals surface area contributed by atoms with Crippen LogP contribution in [-0.4, -0.2) is 22.7 Å². The molecule has 1 heterocycles. The SMILES string of the molecule is CC.CNC(=O)Cn1nc(C(F)(F)F)c2c1CCC2. The highest BCUT2D eigenvalue weighted by Crippen LogP contribution is 2.36. The molecule has 0 fully saturated rings. The van der Waals surface area contributed by atoms with Crippen LogP contribution in [0.25, 0.3) is 0 Å². The van der Waals surface area contributed by atoms with E-state index in [0.717, 1.165) is 0 Å². The van der Waals surface area contributed by atoms with Gasteiger partial charge in [0.2, 0.25) is 5.91 Å². The molecular formula is C12H18F3N3O. The maximum absolute atomic E-state index is 12.7. The Morgan fingerprint density at radius 3 is 2.53 bits per heavy atom. The summed E-state index contributed by atoms with van der Waals surface area (Å²) in [4.78, 5) is 11.2. The van der Waals surface area contributed by atoms with Crippen LogP contribution in [0, 0.1) is 0 Å².